The molecule has 0 bridgehead atoms. The zero-order chi connectivity index (χ0) is 21.3. The number of thiazole rings is 1. The molecule has 1 amide bonds. The Labute approximate surface area is 179 Å². The summed E-state index contributed by atoms with van der Waals surface area (Å²) in [5, 5.41) is 2.56. The van der Waals surface area contributed by atoms with E-state index in [1.165, 1.54) is 11.3 Å². The van der Waals surface area contributed by atoms with Crippen LogP contribution in [0.25, 0.3) is 11.3 Å². The van der Waals surface area contributed by atoms with E-state index in [9.17, 15) is 4.79 Å². The highest BCUT2D eigenvalue weighted by molar-refractivity contribution is 7.10. The van der Waals surface area contributed by atoms with Crippen molar-refractivity contribution in [3.8, 4) is 0 Å². The molecule has 160 valence electrons. The first-order valence-electron chi connectivity index (χ1n) is 10.2. The van der Waals surface area contributed by atoms with Crippen LogP contribution in [0.1, 0.15) is 37.0 Å². The first-order chi connectivity index (χ1) is 14.6. The van der Waals surface area contributed by atoms with Crippen LogP contribution >= 0.6 is 11.3 Å². The predicted octanol–water partition coefficient (Wildman–Crippen LogP) is 1.46. The molecule has 10 heteroatoms. The number of anilines is 2. The Kier molecular flexibility index (Phi) is 5.98. The molecule has 4 rings (SSSR count). The van der Waals surface area contributed by atoms with Crippen LogP contribution in [0.3, 0.4) is 0 Å². The molecule has 1 saturated heterocycles. The lowest BCUT2D eigenvalue weighted by molar-refractivity contribution is -0.120. The van der Waals surface area contributed by atoms with Crippen molar-refractivity contribution in [2.24, 2.45) is 11.5 Å². The summed E-state index contributed by atoms with van der Waals surface area (Å²) in [5.41, 5.74) is 14.2. The molecule has 0 aliphatic carbocycles. The smallest absolute Gasteiger partial charge is 0.249 e. The van der Waals surface area contributed by atoms with Gasteiger partial charge >= 0.3 is 0 Å². The van der Waals surface area contributed by atoms with E-state index in [1.807, 2.05) is 12.3 Å². The summed E-state index contributed by atoms with van der Waals surface area (Å²) in [4.78, 5) is 30.6. The molecule has 4 heterocycles. The summed E-state index contributed by atoms with van der Waals surface area (Å²) in [7, 11) is 1.78. The number of nitrogens with zero attached hydrogens (tertiary/aromatic N) is 5. The Morgan fingerprint density at radius 3 is 2.73 bits per heavy atom. The van der Waals surface area contributed by atoms with Gasteiger partial charge in [0, 0.05) is 50.0 Å². The zero-order valence-electron chi connectivity index (χ0n) is 17.2. The highest BCUT2D eigenvalue weighted by Gasteiger charge is 2.41. The number of carbonyl (C=O) groups excluding carboxylic acids is 1. The Balaban J connectivity index is 1.83. The van der Waals surface area contributed by atoms with Crippen molar-refractivity contribution >= 4 is 40.0 Å². The van der Waals surface area contributed by atoms with Gasteiger partial charge in [-0.2, -0.15) is 0 Å². The van der Waals surface area contributed by atoms with Gasteiger partial charge in [0.15, 0.2) is 11.6 Å². The molecule has 2 aromatic rings. The number of likely N-dealkylation sites (N-methyl/N-ethyl adjacent to an activating group) is 1. The largest absolute Gasteiger partial charge is 0.396 e. The third-order valence-corrected chi connectivity index (χ3v) is 6.55. The highest BCUT2D eigenvalue weighted by atomic mass is 32.1. The van der Waals surface area contributed by atoms with Crippen molar-refractivity contribution in [3.63, 3.8) is 0 Å². The molecule has 1 atom stereocenters. The van der Waals surface area contributed by atoms with Crippen LogP contribution in [0, 0.1) is 0 Å². The number of amides is 1. The van der Waals surface area contributed by atoms with Crippen LogP contribution in [0.5, 0.6) is 0 Å². The summed E-state index contributed by atoms with van der Waals surface area (Å²) in [5.74, 6) is 1.28. The molecule has 2 aliphatic rings. The average molecular weight is 430 g/mol. The van der Waals surface area contributed by atoms with Gasteiger partial charge < -0.3 is 26.0 Å². The molecule has 2 aromatic heterocycles. The van der Waals surface area contributed by atoms with E-state index in [4.69, 9.17) is 21.2 Å². The Bertz CT molecular complexity index is 941. The molecular formula is C20H27N7O2S. The lowest BCUT2D eigenvalue weighted by Crippen LogP contribution is -2.57. The third kappa shape index (κ3) is 3.55. The number of fused-ring (bicyclic) bond motifs is 1. The minimum absolute atomic E-state index is 0.0599. The van der Waals surface area contributed by atoms with Gasteiger partial charge in [-0.15, -0.1) is 11.3 Å². The lowest BCUT2D eigenvalue weighted by atomic mass is 9.99. The second kappa shape index (κ2) is 8.66. The number of hydrogen-bond acceptors (Lipinski definition) is 9. The normalized spacial score (nSPS) is 20.9. The quantitative estimate of drug-likeness (QED) is 0.732. The van der Waals surface area contributed by atoms with Crippen molar-refractivity contribution in [2.75, 3.05) is 36.6 Å². The molecule has 1 fully saturated rings. The van der Waals surface area contributed by atoms with Crippen LogP contribution in [0.2, 0.25) is 0 Å². The maximum absolute atomic E-state index is 13.1. The number of hydrogen-bond donors (Lipinski definition) is 2. The van der Waals surface area contributed by atoms with Gasteiger partial charge in [-0.05, 0) is 19.3 Å². The number of aromatic nitrogens is 3. The Morgan fingerprint density at radius 1 is 1.33 bits per heavy atom. The van der Waals surface area contributed by atoms with E-state index in [2.05, 4.69) is 14.9 Å². The molecule has 4 N–H and O–H groups in total. The molecule has 0 aromatic carbocycles. The van der Waals surface area contributed by atoms with E-state index < -0.39 is 0 Å². The minimum atomic E-state index is -0.269. The number of rotatable bonds is 5. The topological polar surface area (TPSA) is 123 Å². The number of ether oxygens (including phenoxy) is 1. The lowest BCUT2D eigenvalue weighted by Gasteiger charge is -2.45. The first kappa shape index (κ1) is 20.7. The predicted molar refractivity (Wildman–Crippen MR) is 118 cm³/mol. The summed E-state index contributed by atoms with van der Waals surface area (Å²) >= 11 is 1.44. The summed E-state index contributed by atoms with van der Waals surface area (Å²) in [6.45, 7) is 3.58. The average Bonchev–Trinajstić information content (AvgIpc) is 3.32. The molecule has 0 unspecified atom stereocenters. The summed E-state index contributed by atoms with van der Waals surface area (Å²) < 4.78 is 5.55. The Hall–Kier alpha value is -2.56. The Morgan fingerprint density at radius 2 is 2.10 bits per heavy atom. The second-order valence-electron chi connectivity index (χ2n) is 7.41. The third-order valence-electron chi connectivity index (χ3n) is 5.74. The van der Waals surface area contributed by atoms with Crippen molar-refractivity contribution < 1.29 is 9.53 Å². The highest BCUT2D eigenvalue weighted by Crippen LogP contribution is 2.38. The van der Waals surface area contributed by atoms with Gasteiger partial charge in [0.2, 0.25) is 5.91 Å². The zero-order valence-corrected chi connectivity index (χ0v) is 18.1. The fourth-order valence-electron chi connectivity index (χ4n) is 4.12. The SMILES string of the molecule is CC[C@@H]1C(=O)N(C)c2cnc(/C(CN)=C(/N)c3nccs3)nc2N1C1CCOCC1. The maximum Gasteiger partial charge on any atom is 0.249 e. The standard InChI is InChI=1S/C20H27N7O2S/c1-3-14-20(28)26(2)15-11-24-17(13(10-21)16(22)19-23-6-9-30-19)25-18(15)27(14)12-4-7-29-8-5-12/h6,9,11-12,14H,3-5,7-8,10,21-22H2,1-2H3/b16-13+/t14-/m1/s1. The molecule has 0 radical (unpaired) electrons. The van der Waals surface area contributed by atoms with Crippen molar-refractivity contribution in [3.05, 3.63) is 28.6 Å². The molecule has 30 heavy (non-hydrogen) atoms. The molecule has 0 saturated carbocycles. The molecular weight excluding hydrogens is 402 g/mol. The maximum atomic E-state index is 13.1. The van der Waals surface area contributed by atoms with Gasteiger partial charge in [-0.1, -0.05) is 6.92 Å². The fraction of sp³-hybridized carbons (Fsp3) is 0.500. The summed E-state index contributed by atoms with van der Waals surface area (Å²) in [6, 6.07) is -0.0839. The van der Waals surface area contributed by atoms with E-state index in [0.717, 1.165) is 18.7 Å². The molecule has 9 nitrogen and oxygen atoms in total. The monoisotopic (exact) mass is 429 g/mol. The van der Waals surface area contributed by atoms with Gasteiger partial charge in [0.1, 0.15) is 16.7 Å². The number of carbonyl (C=O) groups is 1. The fourth-order valence-corrected chi connectivity index (χ4v) is 4.74. The van der Waals surface area contributed by atoms with Crippen LogP contribution in [-0.4, -0.2) is 59.7 Å². The van der Waals surface area contributed by atoms with Crippen molar-refractivity contribution in [1.82, 2.24) is 15.0 Å². The van der Waals surface area contributed by atoms with Crippen LogP contribution < -0.4 is 21.3 Å². The van der Waals surface area contributed by atoms with Crippen LogP contribution in [0.4, 0.5) is 11.5 Å². The van der Waals surface area contributed by atoms with Crippen molar-refractivity contribution in [1.29, 1.82) is 0 Å². The van der Waals surface area contributed by atoms with Crippen LogP contribution in [0.15, 0.2) is 17.8 Å². The molecule has 2 aliphatic heterocycles. The summed E-state index contributed by atoms with van der Waals surface area (Å²) in [6.07, 6.45) is 5.80. The second-order valence-corrected chi connectivity index (χ2v) is 8.30. The van der Waals surface area contributed by atoms with Gasteiger partial charge in [0.05, 0.1) is 11.9 Å². The van der Waals surface area contributed by atoms with Gasteiger partial charge in [-0.25, -0.2) is 15.0 Å². The van der Waals surface area contributed by atoms with Crippen molar-refractivity contribution in [2.45, 2.75) is 38.3 Å². The van der Waals surface area contributed by atoms with E-state index in [0.29, 0.717) is 47.4 Å². The number of nitrogens with two attached hydrogens (primary N) is 2. The van der Waals surface area contributed by atoms with Gasteiger partial charge in [0.25, 0.3) is 0 Å². The minimum Gasteiger partial charge on any atom is -0.396 e. The van der Waals surface area contributed by atoms with E-state index in [1.54, 1.807) is 24.3 Å². The molecule has 0 spiro atoms. The van der Waals surface area contributed by atoms with E-state index >= 15 is 0 Å². The van der Waals surface area contributed by atoms with Crippen LogP contribution in [-0.2, 0) is 9.53 Å². The van der Waals surface area contributed by atoms with Gasteiger partial charge in [-0.3, -0.25) is 4.79 Å². The van der Waals surface area contributed by atoms with E-state index in [-0.39, 0.29) is 24.5 Å². The first-order valence-corrected chi connectivity index (χ1v) is 11.0.